The fourth-order valence-corrected chi connectivity index (χ4v) is 2.12. The number of hydrogen-bond donors (Lipinski definition) is 0. The molecule has 1 aromatic rings. The van der Waals surface area contributed by atoms with Crippen LogP contribution in [0.3, 0.4) is 0 Å². The standard InChI is InChI=1S/C12H14ClN3O2/c1-9(17)15-4-6-16(7-5-15)12(18)10-8-14-3-2-11(10)13/h2-3,8H,4-7H2,1H3. The molecular formula is C12H14ClN3O2. The Labute approximate surface area is 110 Å². The van der Waals surface area contributed by atoms with Crippen molar-refractivity contribution in [2.24, 2.45) is 0 Å². The Balaban J connectivity index is 2.04. The normalized spacial score (nSPS) is 15.7. The number of nitrogens with zero attached hydrogens (tertiary/aromatic N) is 3. The van der Waals surface area contributed by atoms with E-state index >= 15 is 0 Å². The van der Waals surface area contributed by atoms with Crippen LogP contribution in [0.2, 0.25) is 5.02 Å². The molecule has 0 saturated carbocycles. The highest BCUT2D eigenvalue weighted by Crippen LogP contribution is 2.16. The Bertz CT molecular complexity index is 470. The van der Waals surface area contributed by atoms with Crippen LogP contribution in [0, 0.1) is 0 Å². The molecule has 0 spiro atoms. The second kappa shape index (κ2) is 5.35. The SMILES string of the molecule is CC(=O)N1CCN(C(=O)c2cnccc2Cl)CC1. The van der Waals surface area contributed by atoms with Crippen LogP contribution in [0.15, 0.2) is 18.5 Å². The van der Waals surface area contributed by atoms with E-state index in [2.05, 4.69) is 4.98 Å². The lowest BCUT2D eigenvalue weighted by molar-refractivity contribution is -0.130. The van der Waals surface area contributed by atoms with Gasteiger partial charge in [-0.25, -0.2) is 0 Å². The summed E-state index contributed by atoms with van der Waals surface area (Å²) >= 11 is 5.97. The second-order valence-electron chi connectivity index (χ2n) is 4.15. The first-order chi connectivity index (χ1) is 8.59. The van der Waals surface area contributed by atoms with Gasteiger partial charge in [0.1, 0.15) is 0 Å². The maximum Gasteiger partial charge on any atom is 0.257 e. The lowest BCUT2D eigenvalue weighted by Gasteiger charge is -2.34. The summed E-state index contributed by atoms with van der Waals surface area (Å²) in [5, 5.41) is 0.406. The summed E-state index contributed by atoms with van der Waals surface area (Å²) in [6.45, 7) is 3.74. The van der Waals surface area contributed by atoms with Crippen molar-refractivity contribution in [2.75, 3.05) is 26.2 Å². The molecule has 2 rings (SSSR count). The third-order valence-electron chi connectivity index (χ3n) is 3.01. The van der Waals surface area contributed by atoms with Crippen molar-refractivity contribution in [3.63, 3.8) is 0 Å². The highest BCUT2D eigenvalue weighted by molar-refractivity contribution is 6.33. The molecule has 0 radical (unpaired) electrons. The molecule has 0 aromatic carbocycles. The fourth-order valence-electron chi connectivity index (χ4n) is 1.93. The van der Waals surface area contributed by atoms with Gasteiger partial charge in [0.15, 0.2) is 0 Å². The van der Waals surface area contributed by atoms with E-state index in [0.717, 1.165) is 0 Å². The zero-order valence-electron chi connectivity index (χ0n) is 10.1. The van der Waals surface area contributed by atoms with Gasteiger partial charge in [-0.3, -0.25) is 14.6 Å². The van der Waals surface area contributed by atoms with E-state index in [0.29, 0.717) is 36.8 Å². The fraction of sp³-hybridized carbons (Fsp3) is 0.417. The number of amides is 2. The smallest absolute Gasteiger partial charge is 0.257 e. The van der Waals surface area contributed by atoms with E-state index in [1.54, 1.807) is 22.1 Å². The third-order valence-corrected chi connectivity index (χ3v) is 3.34. The summed E-state index contributed by atoms with van der Waals surface area (Å²) < 4.78 is 0. The summed E-state index contributed by atoms with van der Waals surface area (Å²) in [5.41, 5.74) is 0.412. The molecule has 1 fully saturated rings. The van der Waals surface area contributed by atoms with Crippen molar-refractivity contribution in [1.82, 2.24) is 14.8 Å². The van der Waals surface area contributed by atoms with Gasteiger partial charge in [0.25, 0.3) is 5.91 Å². The average molecular weight is 268 g/mol. The summed E-state index contributed by atoms with van der Waals surface area (Å²) in [6.07, 6.45) is 3.02. The van der Waals surface area contributed by atoms with Crippen LogP contribution in [-0.4, -0.2) is 52.8 Å². The Kier molecular flexibility index (Phi) is 3.81. The summed E-state index contributed by atoms with van der Waals surface area (Å²) in [7, 11) is 0. The first-order valence-corrected chi connectivity index (χ1v) is 6.11. The zero-order chi connectivity index (χ0) is 13.1. The van der Waals surface area contributed by atoms with Crippen LogP contribution in [0.5, 0.6) is 0 Å². The van der Waals surface area contributed by atoms with Crippen molar-refractivity contribution in [2.45, 2.75) is 6.92 Å². The van der Waals surface area contributed by atoms with Crippen LogP contribution in [-0.2, 0) is 4.79 Å². The molecule has 0 aliphatic carbocycles. The van der Waals surface area contributed by atoms with E-state index in [9.17, 15) is 9.59 Å². The van der Waals surface area contributed by atoms with E-state index in [-0.39, 0.29) is 11.8 Å². The van der Waals surface area contributed by atoms with Gasteiger partial charge in [-0.15, -0.1) is 0 Å². The number of halogens is 1. The second-order valence-corrected chi connectivity index (χ2v) is 4.56. The molecule has 0 atom stereocenters. The minimum atomic E-state index is -0.128. The van der Waals surface area contributed by atoms with Gasteiger partial charge in [-0.2, -0.15) is 0 Å². The third kappa shape index (κ3) is 2.61. The quantitative estimate of drug-likeness (QED) is 0.764. The number of hydrogen-bond acceptors (Lipinski definition) is 3. The minimum absolute atomic E-state index is 0.0431. The lowest BCUT2D eigenvalue weighted by atomic mass is 10.2. The van der Waals surface area contributed by atoms with Crippen LogP contribution >= 0.6 is 11.6 Å². The first kappa shape index (κ1) is 12.8. The van der Waals surface area contributed by atoms with E-state index in [4.69, 9.17) is 11.6 Å². The van der Waals surface area contributed by atoms with Gasteiger partial charge in [-0.1, -0.05) is 11.6 Å². The number of aromatic nitrogens is 1. The van der Waals surface area contributed by atoms with Crippen molar-refractivity contribution in [1.29, 1.82) is 0 Å². The van der Waals surface area contributed by atoms with Gasteiger partial charge in [0, 0.05) is 45.5 Å². The highest BCUT2D eigenvalue weighted by atomic mass is 35.5. The lowest BCUT2D eigenvalue weighted by Crippen LogP contribution is -2.50. The van der Waals surface area contributed by atoms with Gasteiger partial charge in [0.05, 0.1) is 10.6 Å². The number of pyridine rings is 1. The van der Waals surface area contributed by atoms with Crippen LogP contribution in [0.1, 0.15) is 17.3 Å². The molecule has 0 N–H and O–H groups in total. The molecule has 18 heavy (non-hydrogen) atoms. The van der Waals surface area contributed by atoms with Crippen molar-refractivity contribution >= 4 is 23.4 Å². The average Bonchev–Trinajstić information content (AvgIpc) is 2.38. The predicted molar refractivity (Wildman–Crippen MR) is 67.4 cm³/mol. The van der Waals surface area contributed by atoms with Crippen molar-refractivity contribution < 1.29 is 9.59 Å². The van der Waals surface area contributed by atoms with Crippen molar-refractivity contribution in [3.05, 3.63) is 29.0 Å². The topological polar surface area (TPSA) is 53.5 Å². The van der Waals surface area contributed by atoms with Gasteiger partial charge >= 0.3 is 0 Å². The molecule has 0 bridgehead atoms. The van der Waals surface area contributed by atoms with Gasteiger partial charge < -0.3 is 9.80 Å². The monoisotopic (exact) mass is 267 g/mol. The van der Waals surface area contributed by atoms with E-state index in [1.165, 1.54) is 13.1 Å². The molecule has 2 heterocycles. The first-order valence-electron chi connectivity index (χ1n) is 5.74. The molecule has 1 aromatic heterocycles. The van der Waals surface area contributed by atoms with Gasteiger partial charge in [0.2, 0.25) is 5.91 Å². The van der Waals surface area contributed by atoms with Crippen molar-refractivity contribution in [3.8, 4) is 0 Å². The molecule has 1 aliphatic heterocycles. The Hall–Kier alpha value is -1.62. The molecule has 2 amide bonds. The van der Waals surface area contributed by atoms with E-state index in [1.807, 2.05) is 0 Å². The van der Waals surface area contributed by atoms with Crippen LogP contribution in [0.25, 0.3) is 0 Å². The summed E-state index contributed by atoms with van der Waals surface area (Å²) in [4.78, 5) is 30.7. The zero-order valence-corrected chi connectivity index (χ0v) is 10.9. The van der Waals surface area contributed by atoms with Crippen LogP contribution < -0.4 is 0 Å². The van der Waals surface area contributed by atoms with Gasteiger partial charge in [-0.05, 0) is 6.07 Å². The number of carbonyl (C=O) groups is 2. The van der Waals surface area contributed by atoms with E-state index < -0.39 is 0 Å². The summed E-state index contributed by atoms with van der Waals surface area (Å²) in [5.74, 6) is -0.0854. The molecule has 1 saturated heterocycles. The predicted octanol–water partition coefficient (Wildman–Crippen LogP) is 1.04. The number of carbonyl (C=O) groups excluding carboxylic acids is 2. The maximum absolute atomic E-state index is 12.2. The Morgan fingerprint density at radius 1 is 1.22 bits per heavy atom. The highest BCUT2D eigenvalue weighted by Gasteiger charge is 2.24. The largest absolute Gasteiger partial charge is 0.339 e. The molecule has 5 nitrogen and oxygen atoms in total. The Morgan fingerprint density at radius 3 is 2.39 bits per heavy atom. The molecule has 6 heteroatoms. The molecular weight excluding hydrogens is 254 g/mol. The molecule has 96 valence electrons. The number of piperazine rings is 1. The maximum atomic E-state index is 12.2. The van der Waals surface area contributed by atoms with Crippen LogP contribution in [0.4, 0.5) is 0 Å². The molecule has 0 unspecified atom stereocenters. The minimum Gasteiger partial charge on any atom is -0.339 e. The molecule has 1 aliphatic rings. The number of rotatable bonds is 1. The summed E-state index contributed by atoms with van der Waals surface area (Å²) in [6, 6.07) is 1.60. The Morgan fingerprint density at radius 2 is 1.83 bits per heavy atom.